The van der Waals surface area contributed by atoms with Crippen LogP contribution in [0, 0.1) is 6.92 Å². The predicted molar refractivity (Wildman–Crippen MR) is 104 cm³/mol. The molecule has 2 heterocycles. The van der Waals surface area contributed by atoms with Gasteiger partial charge in [0.15, 0.2) is 0 Å². The lowest BCUT2D eigenvalue weighted by Crippen LogP contribution is -2.34. The SMILES string of the molecule is Cc1cccc(-c2noc([C@@H]3CCCN3C(=O)Nc3ccccc3Cl)n2)c1. The Labute approximate surface area is 162 Å². The average Bonchev–Trinajstić information content (AvgIpc) is 3.33. The minimum absolute atomic E-state index is 0.221. The zero-order chi connectivity index (χ0) is 18.8. The number of benzene rings is 2. The molecule has 6 nitrogen and oxygen atoms in total. The van der Waals surface area contributed by atoms with Gasteiger partial charge in [-0.3, -0.25) is 0 Å². The second-order valence-corrected chi connectivity index (χ2v) is 6.99. The van der Waals surface area contributed by atoms with Crippen LogP contribution in [0.3, 0.4) is 0 Å². The minimum Gasteiger partial charge on any atom is -0.337 e. The number of aryl methyl sites for hydroxylation is 1. The number of nitrogens with one attached hydrogen (secondary N) is 1. The van der Waals surface area contributed by atoms with Crippen molar-refractivity contribution in [3.05, 3.63) is 65.0 Å². The third kappa shape index (κ3) is 3.66. The minimum atomic E-state index is -0.237. The molecule has 138 valence electrons. The van der Waals surface area contributed by atoms with Crippen molar-refractivity contribution >= 4 is 23.3 Å². The van der Waals surface area contributed by atoms with Gasteiger partial charge in [-0.1, -0.05) is 52.7 Å². The number of likely N-dealkylation sites (tertiary alicyclic amines) is 1. The number of hydrogen-bond donors (Lipinski definition) is 1. The van der Waals surface area contributed by atoms with Crippen molar-refractivity contribution in [3.8, 4) is 11.4 Å². The number of urea groups is 1. The molecule has 0 bridgehead atoms. The van der Waals surface area contributed by atoms with Gasteiger partial charge in [0, 0.05) is 12.1 Å². The number of hydrogen-bond acceptors (Lipinski definition) is 4. The standard InChI is InChI=1S/C20H19ClN4O2/c1-13-6-4-7-14(12-13)18-23-19(27-24-18)17-10-5-11-25(17)20(26)22-16-9-3-2-8-15(16)21/h2-4,6-9,12,17H,5,10-11H2,1H3,(H,22,26)/t17-/m0/s1. The molecule has 0 unspecified atom stereocenters. The number of carbonyl (C=O) groups excluding carboxylic acids is 1. The van der Waals surface area contributed by atoms with Crippen LogP contribution in [0.5, 0.6) is 0 Å². The number of carbonyl (C=O) groups is 1. The molecule has 1 N–H and O–H groups in total. The Hall–Kier alpha value is -2.86. The number of halogens is 1. The van der Waals surface area contributed by atoms with Crippen molar-refractivity contribution in [1.29, 1.82) is 0 Å². The molecule has 2 aromatic carbocycles. The number of para-hydroxylation sites is 1. The van der Waals surface area contributed by atoms with Crippen molar-refractivity contribution in [2.45, 2.75) is 25.8 Å². The quantitative estimate of drug-likeness (QED) is 0.686. The molecular formula is C20H19ClN4O2. The van der Waals surface area contributed by atoms with Gasteiger partial charge in [0.25, 0.3) is 0 Å². The van der Waals surface area contributed by atoms with E-state index in [1.165, 1.54) is 0 Å². The van der Waals surface area contributed by atoms with Crippen LogP contribution >= 0.6 is 11.6 Å². The van der Waals surface area contributed by atoms with E-state index >= 15 is 0 Å². The Balaban J connectivity index is 1.53. The number of amides is 2. The zero-order valence-electron chi connectivity index (χ0n) is 14.9. The first-order valence-corrected chi connectivity index (χ1v) is 9.22. The van der Waals surface area contributed by atoms with Crippen LogP contribution in [0.4, 0.5) is 10.5 Å². The lowest BCUT2D eigenvalue weighted by molar-refractivity contribution is 0.193. The van der Waals surface area contributed by atoms with Crippen LogP contribution in [-0.2, 0) is 0 Å². The van der Waals surface area contributed by atoms with Gasteiger partial charge in [-0.25, -0.2) is 4.79 Å². The zero-order valence-corrected chi connectivity index (χ0v) is 15.6. The Morgan fingerprint density at radius 2 is 2.11 bits per heavy atom. The van der Waals surface area contributed by atoms with Crippen LogP contribution in [0.25, 0.3) is 11.4 Å². The fourth-order valence-corrected chi connectivity index (χ4v) is 3.47. The lowest BCUT2D eigenvalue weighted by Gasteiger charge is -2.22. The summed E-state index contributed by atoms with van der Waals surface area (Å²) < 4.78 is 5.49. The largest absolute Gasteiger partial charge is 0.337 e. The van der Waals surface area contributed by atoms with Gasteiger partial charge >= 0.3 is 6.03 Å². The van der Waals surface area contributed by atoms with E-state index in [1.54, 1.807) is 17.0 Å². The van der Waals surface area contributed by atoms with Crippen LogP contribution in [0.15, 0.2) is 53.1 Å². The van der Waals surface area contributed by atoms with Gasteiger partial charge in [-0.15, -0.1) is 0 Å². The van der Waals surface area contributed by atoms with Crippen molar-refractivity contribution in [2.24, 2.45) is 0 Å². The highest BCUT2D eigenvalue weighted by Crippen LogP contribution is 2.33. The summed E-state index contributed by atoms with van der Waals surface area (Å²) in [6.45, 7) is 2.64. The maximum Gasteiger partial charge on any atom is 0.322 e. The number of rotatable bonds is 3. The van der Waals surface area contributed by atoms with Gasteiger partial charge < -0.3 is 14.7 Å². The van der Waals surface area contributed by atoms with Crippen LogP contribution in [-0.4, -0.2) is 27.6 Å². The Morgan fingerprint density at radius 1 is 1.26 bits per heavy atom. The number of nitrogens with zero attached hydrogens (tertiary/aromatic N) is 3. The molecule has 4 rings (SSSR count). The highest BCUT2D eigenvalue weighted by molar-refractivity contribution is 6.33. The molecular weight excluding hydrogens is 364 g/mol. The molecule has 0 radical (unpaired) electrons. The van der Waals surface area contributed by atoms with Gasteiger partial charge in [0.05, 0.1) is 10.7 Å². The average molecular weight is 383 g/mol. The first-order valence-electron chi connectivity index (χ1n) is 8.84. The Morgan fingerprint density at radius 3 is 2.93 bits per heavy atom. The molecule has 3 aromatic rings. The third-order valence-electron chi connectivity index (χ3n) is 4.63. The monoisotopic (exact) mass is 382 g/mol. The molecule has 1 fully saturated rings. The van der Waals surface area contributed by atoms with E-state index in [0.717, 1.165) is 24.0 Å². The summed E-state index contributed by atoms with van der Waals surface area (Å²) in [6.07, 6.45) is 1.66. The highest BCUT2D eigenvalue weighted by Gasteiger charge is 2.34. The Bertz CT molecular complexity index is 972. The third-order valence-corrected chi connectivity index (χ3v) is 4.96. The number of anilines is 1. The second kappa shape index (κ2) is 7.40. The van der Waals surface area contributed by atoms with Crippen molar-refractivity contribution in [1.82, 2.24) is 15.0 Å². The smallest absolute Gasteiger partial charge is 0.322 e. The van der Waals surface area contributed by atoms with E-state index in [0.29, 0.717) is 29.0 Å². The lowest BCUT2D eigenvalue weighted by atomic mass is 10.1. The summed E-state index contributed by atoms with van der Waals surface area (Å²) in [7, 11) is 0. The second-order valence-electron chi connectivity index (χ2n) is 6.59. The molecule has 27 heavy (non-hydrogen) atoms. The molecule has 0 aliphatic carbocycles. The van der Waals surface area contributed by atoms with Gasteiger partial charge in [0.2, 0.25) is 11.7 Å². The van der Waals surface area contributed by atoms with Crippen molar-refractivity contribution in [2.75, 3.05) is 11.9 Å². The maximum absolute atomic E-state index is 12.7. The molecule has 7 heteroatoms. The molecule has 1 aliphatic rings. The summed E-state index contributed by atoms with van der Waals surface area (Å²) in [5.41, 5.74) is 2.61. The van der Waals surface area contributed by atoms with E-state index in [-0.39, 0.29) is 12.1 Å². The maximum atomic E-state index is 12.7. The molecule has 1 aromatic heterocycles. The molecule has 1 saturated heterocycles. The van der Waals surface area contributed by atoms with E-state index in [4.69, 9.17) is 16.1 Å². The van der Waals surface area contributed by atoms with Crippen LogP contribution < -0.4 is 5.32 Å². The van der Waals surface area contributed by atoms with Crippen molar-refractivity contribution < 1.29 is 9.32 Å². The van der Waals surface area contributed by atoms with E-state index in [9.17, 15) is 4.79 Å². The molecule has 0 saturated carbocycles. The van der Waals surface area contributed by atoms with E-state index in [1.807, 2.05) is 43.3 Å². The predicted octanol–water partition coefficient (Wildman–Crippen LogP) is 5.07. The summed E-state index contributed by atoms with van der Waals surface area (Å²) in [5, 5.41) is 7.46. The van der Waals surface area contributed by atoms with Crippen LogP contribution in [0.1, 0.15) is 30.3 Å². The normalized spacial score (nSPS) is 16.5. The fraction of sp³-hybridized carbons (Fsp3) is 0.250. The van der Waals surface area contributed by atoms with Gasteiger partial charge in [-0.2, -0.15) is 4.98 Å². The Kier molecular flexibility index (Phi) is 4.81. The van der Waals surface area contributed by atoms with E-state index in [2.05, 4.69) is 15.5 Å². The summed E-state index contributed by atoms with van der Waals surface area (Å²) in [4.78, 5) is 19.0. The fourth-order valence-electron chi connectivity index (χ4n) is 3.29. The summed E-state index contributed by atoms with van der Waals surface area (Å²) >= 11 is 6.14. The molecule has 0 spiro atoms. The number of aromatic nitrogens is 2. The molecule has 1 aliphatic heterocycles. The topological polar surface area (TPSA) is 71.3 Å². The van der Waals surface area contributed by atoms with Gasteiger partial charge in [-0.05, 0) is 38.0 Å². The van der Waals surface area contributed by atoms with Gasteiger partial charge in [0.1, 0.15) is 6.04 Å². The van der Waals surface area contributed by atoms with Crippen molar-refractivity contribution in [3.63, 3.8) is 0 Å². The van der Waals surface area contributed by atoms with Crippen LogP contribution in [0.2, 0.25) is 5.02 Å². The highest BCUT2D eigenvalue weighted by atomic mass is 35.5. The first kappa shape index (κ1) is 17.5. The first-order chi connectivity index (χ1) is 13.1. The summed E-state index contributed by atoms with van der Waals surface area (Å²) in [6, 6.07) is 14.6. The molecule has 2 amide bonds. The molecule has 1 atom stereocenters. The van der Waals surface area contributed by atoms with E-state index < -0.39 is 0 Å². The summed E-state index contributed by atoms with van der Waals surface area (Å²) in [5.74, 6) is 0.991.